The second-order valence-electron chi connectivity index (χ2n) is 6.51. The third-order valence-corrected chi connectivity index (χ3v) is 4.66. The van der Waals surface area contributed by atoms with Gasteiger partial charge in [-0.25, -0.2) is 9.07 Å². The maximum Gasteiger partial charge on any atom is 0.226 e. The molecule has 1 N–H and O–H groups in total. The van der Waals surface area contributed by atoms with E-state index in [1.54, 1.807) is 16.9 Å². The Morgan fingerprint density at radius 3 is 2.84 bits per heavy atom. The molecule has 0 spiro atoms. The third-order valence-electron chi connectivity index (χ3n) is 4.66. The van der Waals surface area contributed by atoms with Gasteiger partial charge in [0.05, 0.1) is 11.9 Å². The van der Waals surface area contributed by atoms with Gasteiger partial charge in [-0.3, -0.25) is 4.79 Å². The van der Waals surface area contributed by atoms with Gasteiger partial charge >= 0.3 is 0 Å². The molecule has 1 aliphatic heterocycles. The molecule has 0 saturated carbocycles. The van der Waals surface area contributed by atoms with Crippen molar-refractivity contribution in [3.63, 3.8) is 0 Å². The molecule has 1 unspecified atom stereocenters. The van der Waals surface area contributed by atoms with Gasteiger partial charge in [0.25, 0.3) is 0 Å². The van der Waals surface area contributed by atoms with Crippen LogP contribution in [-0.2, 0) is 4.79 Å². The molecule has 1 amide bonds. The number of aryl methyl sites for hydroxylation is 2. The molecule has 0 aliphatic carbocycles. The van der Waals surface area contributed by atoms with Crippen LogP contribution >= 0.6 is 0 Å². The van der Waals surface area contributed by atoms with Crippen LogP contribution in [0, 0.1) is 19.7 Å². The first-order valence-corrected chi connectivity index (χ1v) is 8.24. The van der Waals surface area contributed by atoms with Crippen molar-refractivity contribution >= 4 is 11.7 Å². The Kier molecular flexibility index (Phi) is 3.64. The van der Waals surface area contributed by atoms with E-state index in [1.165, 1.54) is 12.1 Å². The Bertz CT molecular complexity index is 977. The van der Waals surface area contributed by atoms with Crippen LogP contribution in [0.5, 0.6) is 0 Å². The summed E-state index contributed by atoms with van der Waals surface area (Å²) in [6.45, 7) is 4.03. The van der Waals surface area contributed by atoms with E-state index in [0.717, 1.165) is 27.9 Å². The summed E-state index contributed by atoms with van der Waals surface area (Å²) < 4.78 is 15.4. The van der Waals surface area contributed by atoms with Crippen LogP contribution in [0.3, 0.4) is 0 Å². The molecule has 5 heteroatoms. The summed E-state index contributed by atoms with van der Waals surface area (Å²) in [6, 6.07) is 12.5. The van der Waals surface area contributed by atoms with Gasteiger partial charge in [0.15, 0.2) is 0 Å². The Balaban J connectivity index is 1.86. The summed E-state index contributed by atoms with van der Waals surface area (Å²) in [5, 5.41) is 7.45. The van der Waals surface area contributed by atoms with E-state index >= 15 is 0 Å². The monoisotopic (exact) mass is 335 g/mol. The van der Waals surface area contributed by atoms with Gasteiger partial charge < -0.3 is 5.32 Å². The minimum atomic E-state index is -0.299. The fraction of sp³-hybridized carbons (Fsp3) is 0.200. The van der Waals surface area contributed by atoms with E-state index in [0.29, 0.717) is 5.82 Å². The number of anilines is 1. The third kappa shape index (κ3) is 2.71. The average molecular weight is 335 g/mol. The van der Waals surface area contributed by atoms with Crippen LogP contribution in [0.4, 0.5) is 10.2 Å². The normalized spacial score (nSPS) is 16.4. The molecule has 126 valence electrons. The van der Waals surface area contributed by atoms with Gasteiger partial charge in [0.1, 0.15) is 11.6 Å². The molecule has 1 aromatic heterocycles. The van der Waals surface area contributed by atoms with E-state index in [4.69, 9.17) is 0 Å². The number of aromatic nitrogens is 2. The van der Waals surface area contributed by atoms with Crippen molar-refractivity contribution in [3.05, 3.63) is 76.7 Å². The quantitative estimate of drug-likeness (QED) is 0.766. The molecule has 0 radical (unpaired) electrons. The molecule has 2 aromatic carbocycles. The van der Waals surface area contributed by atoms with Crippen molar-refractivity contribution in [1.82, 2.24) is 9.78 Å². The van der Waals surface area contributed by atoms with E-state index in [2.05, 4.69) is 10.4 Å². The molecule has 4 nitrogen and oxygen atoms in total. The van der Waals surface area contributed by atoms with Crippen LogP contribution in [0.1, 0.15) is 34.6 Å². The van der Waals surface area contributed by atoms with Crippen molar-refractivity contribution in [3.8, 4) is 5.69 Å². The highest BCUT2D eigenvalue weighted by molar-refractivity contribution is 5.94. The number of nitrogens with zero attached hydrogens (tertiary/aromatic N) is 2. The Hall–Kier alpha value is -2.95. The highest BCUT2D eigenvalue weighted by atomic mass is 19.1. The second-order valence-corrected chi connectivity index (χ2v) is 6.51. The summed E-state index contributed by atoms with van der Waals surface area (Å²) in [6.07, 6.45) is 2.06. The van der Waals surface area contributed by atoms with Crippen molar-refractivity contribution in [2.24, 2.45) is 0 Å². The fourth-order valence-electron chi connectivity index (χ4n) is 3.37. The average Bonchev–Trinajstić information content (AvgIpc) is 3.00. The lowest BCUT2D eigenvalue weighted by atomic mass is 9.87. The standard InChI is InChI=1S/C20H18FN3O/c1-12-6-7-13(2)18(8-12)24-20-17(11-22-24)16(10-19(25)23-20)14-4-3-5-15(21)9-14/h3-9,11,16H,10H2,1-2H3,(H,23,25). The summed E-state index contributed by atoms with van der Waals surface area (Å²) >= 11 is 0. The summed E-state index contributed by atoms with van der Waals surface area (Å²) in [7, 11) is 0. The Morgan fingerprint density at radius 2 is 2.04 bits per heavy atom. The molecule has 1 atom stereocenters. The lowest BCUT2D eigenvalue weighted by molar-refractivity contribution is -0.116. The minimum absolute atomic E-state index is 0.0891. The van der Waals surface area contributed by atoms with Gasteiger partial charge in [-0.05, 0) is 48.7 Å². The van der Waals surface area contributed by atoms with Gasteiger partial charge in [-0.2, -0.15) is 5.10 Å². The van der Waals surface area contributed by atoms with Crippen molar-refractivity contribution in [1.29, 1.82) is 0 Å². The zero-order chi connectivity index (χ0) is 17.6. The lowest BCUT2D eigenvalue weighted by Gasteiger charge is -2.24. The number of carbonyl (C=O) groups is 1. The van der Waals surface area contributed by atoms with Crippen LogP contribution in [-0.4, -0.2) is 15.7 Å². The van der Waals surface area contributed by atoms with E-state index in [-0.39, 0.29) is 24.1 Å². The molecular weight excluding hydrogens is 317 g/mol. The van der Waals surface area contributed by atoms with Crippen molar-refractivity contribution in [2.45, 2.75) is 26.2 Å². The molecule has 0 fully saturated rings. The predicted molar refractivity (Wildman–Crippen MR) is 94.5 cm³/mol. The SMILES string of the molecule is Cc1ccc(C)c(-n2ncc3c2NC(=O)CC3c2cccc(F)c2)c1. The zero-order valence-corrected chi connectivity index (χ0v) is 14.1. The number of amides is 1. The van der Waals surface area contributed by atoms with Crippen molar-refractivity contribution in [2.75, 3.05) is 5.32 Å². The van der Waals surface area contributed by atoms with E-state index in [9.17, 15) is 9.18 Å². The molecule has 0 saturated heterocycles. The number of fused-ring (bicyclic) bond motifs is 1. The number of benzene rings is 2. The first-order chi connectivity index (χ1) is 12.0. The molecule has 25 heavy (non-hydrogen) atoms. The number of rotatable bonds is 2. The number of hydrogen-bond acceptors (Lipinski definition) is 2. The maximum atomic E-state index is 13.6. The molecule has 0 bridgehead atoms. The minimum Gasteiger partial charge on any atom is -0.310 e. The Morgan fingerprint density at radius 1 is 1.20 bits per heavy atom. The van der Waals surface area contributed by atoms with Crippen LogP contribution in [0.15, 0.2) is 48.7 Å². The first-order valence-electron chi connectivity index (χ1n) is 8.24. The fourth-order valence-corrected chi connectivity index (χ4v) is 3.37. The molecule has 3 aromatic rings. The first kappa shape index (κ1) is 15.6. The smallest absolute Gasteiger partial charge is 0.226 e. The summed E-state index contributed by atoms with van der Waals surface area (Å²) in [5.74, 6) is 0.0818. The molecule has 4 rings (SSSR count). The van der Waals surface area contributed by atoms with E-state index in [1.807, 2.05) is 38.1 Å². The molecule has 2 heterocycles. The molecular formula is C20H18FN3O. The van der Waals surface area contributed by atoms with Crippen LogP contribution in [0.25, 0.3) is 5.69 Å². The van der Waals surface area contributed by atoms with Gasteiger partial charge in [-0.1, -0.05) is 24.3 Å². The number of nitrogens with one attached hydrogen (secondary N) is 1. The van der Waals surface area contributed by atoms with Crippen molar-refractivity contribution < 1.29 is 9.18 Å². The summed E-state index contributed by atoms with van der Waals surface area (Å²) in [5.41, 5.74) is 4.82. The van der Waals surface area contributed by atoms with Gasteiger partial charge in [0, 0.05) is 17.9 Å². The second kappa shape index (κ2) is 5.84. The van der Waals surface area contributed by atoms with Crippen LogP contribution < -0.4 is 5.32 Å². The zero-order valence-electron chi connectivity index (χ0n) is 14.1. The highest BCUT2D eigenvalue weighted by Gasteiger charge is 2.30. The predicted octanol–water partition coefficient (Wildman–Crippen LogP) is 4.10. The largest absolute Gasteiger partial charge is 0.310 e. The van der Waals surface area contributed by atoms with Gasteiger partial charge in [-0.15, -0.1) is 0 Å². The topological polar surface area (TPSA) is 46.9 Å². The Labute approximate surface area is 145 Å². The number of halogens is 1. The highest BCUT2D eigenvalue weighted by Crippen LogP contribution is 2.38. The van der Waals surface area contributed by atoms with Gasteiger partial charge in [0.2, 0.25) is 5.91 Å². The summed E-state index contributed by atoms with van der Waals surface area (Å²) in [4.78, 5) is 12.3. The molecule has 1 aliphatic rings. The number of hydrogen-bond donors (Lipinski definition) is 1. The maximum absolute atomic E-state index is 13.6. The number of carbonyl (C=O) groups excluding carboxylic acids is 1. The lowest BCUT2D eigenvalue weighted by Crippen LogP contribution is -2.24. The van der Waals surface area contributed by atoms with Crippen LogP contribution in [0.2, 0.25) is 0 Å². The van der Waals surface area contributed by atoms with E-state index < -0.39 is 0 Å².